The highest BCUT2D eigenvalue weighted by atomic mass is 19.3. The average molecular weight is 466 g/mol. The molecule has 0 saturated heterocycles. The van der Waals surface area contributed by atoms with Gasteiger partial charge in [0, 0.05) is 18.4 Å². The molecule has 1 fully saturated rings. The molecule has 4 rings (SSSR count). The van der Waals surface area contributed by atoms with Crippen molar-refractivity contribution in [1.82, 2.24) is 14.9 Å². The fourth-order valence-electron chi connectivity index (χ4n) is 4.67. The van der Waals surface area contributed by atoms with Crippen LogP contribution in [0.3, 0.4) is 0 Å². The number of terminal acetylenes is 1. The van der Waals surface area contributed by atoms with Crippen molar-refractivity contribution in [2.45, 2.75) is 56.4 Å². The molecule has 34 heavy (non-hydrogen) atoms. The van der Waals surface area contributed by atoms with Crippen LogP contribution in [0.25, 0.3) is 11.1 Å². The van der Waals surface area contributed by atoms with E-state index in [1.807, 2.05) is 48.5 Å². The van der Waals surface area contributed by atoms with Gasteiger partial charge in [-0.2, -0.15) is 0 Å². The van der Waals surface area contributed by atoms with Gasteiger partial charge in [-0.25, -0.2) is 13.8 Å². The zero-order valence-electron chi connectivity index (χ0n) is 19.0. The van der Waals surface area contributed by atoms with Crippen molar-refractivity contribution in [3.63, 3.8) is 0 Å². The van der Waals surface area contributed by atoms with Gasteiger partial charge in [-0.05, 0) is 47.9 Å². The largest absolute Gasteiger partial charge is 0.385 e. The number of aliphatic hydroxyl groups excluding tert-OH is 2. The molecular weight excluding hydrogens is 436 g/mol. The summed E-state index contributed by atoms with van der Waals surface area (Å²) in [4.78, 5) is 4.17. The number of halogens is 2. The average Bonchev–Trinajstić information content (AvgIpc) is 3.28. The van der Waals surface area contributed by atoms with Crippen molar-refractivity contribution in [3.8, 4) is 23.5 Å². The Bertz CT molecular complexity index is 1130. The minimum Gasteiger partial charge on any atom is -0.385 e. The quantitative estimate of drug-likeness (QED) is 0.404. The van der Waals surface area contributed by atoms with Gasteiger partial charge in [0.25, 0.3) is 6.43 Å². The van der Waals surface area contributed by atoms with Gasteiger partial charge >= 0.3 is 0 Å². The fraction of sp³-hybridized carbons (Fsp3) is 0.370. The van der Waals surface area contributed by atoms with Gasteiger partial charge in [-0.15, -0.1) is 6.42 Å². The number of nitrogens with one attached hydrogen (secondary N) is 1. The molecule has 1 aromatic heterocycles. The third kappa shape index (κ3) is 5.05. The molecule has 178 valence electrons. The number of alkyl halides is 2. The first kappa shape index (κ1) is 24.1. The second-order valence-corrected chi connectivity index (χ2v) is 8.80. The van der Waals surface area contributed by atoms with Crippen LogP contribution < -0.4 is 5.32 Å². The summed E-state index contributed by atoms with van der Waals surface area (Å²) in [6.45, 7) is 1.29. The molecule has 1 heterocycles. The smallest absolute Gasteiger partial charge is 0.250 e. The molecular formula is C27H29F2N3O2. The van der Waals surface area contributed by atoms with Gasteiger partial charge < -0.3 is 20.1 Å². The van der Waals surface area contributed by atoms with Crippen molar-refractivity contribution >= 4 is 0 Å². The summed E-state index contributed by atoms with van der Waals surface area (Å²) in [5.74, 6) is 3.20. The lowest BCUT2D eigenvalue weighted by molar-refractivity contribution is 0.126. The first-order chi connectivity index (χ1) is 16.4. The third-order valence-corrected chi connectivity index (χ3v) is 6.48. The molecule has 0 bridgehead atoms. The predicted octanol–water partition coefficient (Wildman–Crippen LogP) is 4.61. The second-order valence-electron chi connectivity index (χ2n) is 8.80. The van der Waals surface area contributed by atoms with Crippen LogP contribution in [0.5, 0.6) is 0 Å². The molecule has 1 aliphatic rings. The van der Waals surface area contributed by atoms with Crippen LogP contribution in [0.2, 0.25) is 0 Å². The molecule has 0 radical (unpaired) electrons. The molecule has 3 atom stereocenters. The van der Waals surface area contributed by atoms with E-state index in [9.17, 15) is 19.0 Å². The zero-order valence-corrected chi connectivity index (χ0v) is 19.0. The number of benzene rings is 2. The van der Waals surface area contributed by atoms with Crippen molar-refractivity contribution in [3.05, 3.63) is 77.9 Å². The number of aliphatic hydroxyl groups is 2. The lowest BCUT2D eigenvalue weighted by atomic mass is 9.73. The minimum atomic E-state index is -2.37. The van der Waals surface area contributed by atoms with Gasteiger partial charge in [0.1, 0.15) is 24.1 Å². The van der Waals surface area contributed by atoms with E-state index in [0.717, 1.165) is 29.5 Å². The molecule has 1 aliphatic carbocycles. The summed E-state index contributed by atoms with van der Waals surface area (Å²) in [6.07, 6.45) is 6.27. The SMILES string of the molecule is C#CC(C(O)c1ccc(-c2ccccc2)c(C2CC(NCC(F)F)C2)c1)n1ccnc1[C@H](C)O. The highest BCUT2D eigenvalue weighted by Gasteiger charge is 2.33. The van der Waals surface area contributed by atoms with Crippen LogP contribution in [-0.4, -0.2) is 38.8 Å². The highest BCUT2D eigenvalue weighted by Crippen LogP contribution is 2.43. The standard InChI is InChI=1S/C27H29F2N3O2/c1-3-24(32-12-11-30-27(32)17(2)33)26(34)19-9-10-22(18-7-5-4-6-8-18)23(15-19)20-13-21(14-20)31-16-25(28)29/h1,4-12,15,17,20-21,24-26,31,33-34H,13-14,16H2,2H3/t17-,20?,21?,24?,26?/m0/s1. The van der Waals surface area contributed by atoms with Gasteiger partial charge in [-0.1, -0.05) is 54.5 Å². The number of rotatable bonds is 9. The van der Waals surface area contributed by atoms with Crippen LogP contribution in [0, 0.1) is 12.3 Å². The van der Waals surface area contributed by atoms with E-state index in [1.165, 1.54) is 0 Å². The summed E-state index contributed by atoms with van der Waals surface area (Å²) >= 11 is 0. The van der Waals surface area contributed by atoms with Gasteiger partial charge in [0.05, 0.1) is 6.54 Å². The summed E-state index contributed by atoms with van der Waals surface area (Å²) in [6, 6.07) is 15.1. The maximum atomic E-state index is 12.6. The Hall–Kier alpha value is -3.05. The molecule has 2 aromatic carbocycles. The van der Waals surface area contributed by atoms with Gasteiger partial charge in [-0.3, -0.25) is 0 Å². The van der Waals surface area contributed by atoms with E-state index in [2.05, 4.69) is 16.2 Å². The van der Waals surface area contributed by atoms with E-state index in [0.29, 0.717) is 11.4 Å². The molecule has 2 unspecified atom stereocenters. The van der Waals surface area contributed by atoms with Crippen LogP contribution in [0.4, 0.5) is 8.78 Å². The predicted molar refractivity (Wildman–Crippen MR) is 127 cm³/mol. The third-order valence-electron chi connectivity index (χ3n) is 6.48. The molecule has 3 aromatic rings. The van der Waals surface area contributed by atoms with Crippen LogP contribution >= 0.6 is 0 Å². The molecule has 0 aliphatic heterocycles. The number of hydrogen-bond donors (Lipinski definition) is 3. The first-order valence-corrected chi connectivity index (χ1v) is 11.4. The number of imidazole rings is 1. The lowest BCUT2D eigenvalue weighted by Crippen LogP contribution is -2.42. The maximum Gasteiger partial charge on any atom is 0.250 e. The zero-order chi connectivity index (χ0) is 24.2. The molecule has 3 N–H and O–H groups in total. The molecule has 0 amide bonds. The van der Waals surface area contributed by atoms with E-state index < -0.39 is 24.7 Å². The van der Waals surface area contributed by atoms with E-state index >= 15 is 0 Å². The normalized spacial score (nSPS) is 20.4. The Kier molecular flexibility index (Phi) is 7.42. The van der Waals surface area contributed by atoms with Crippen molar-refractivity contribution < 1.29 is 19.0 Å². The summed E-state index contributed by atoms with van der Waals surface area (Å²) in [7, 11) is 0. The number of nitrogens with zero attached hydrogens (tertiary/aromatic N) is 2. The second kappa shape index (κ2) is 10.5. The Labute approximate surface area is 198 Å². The fourth-order valence-corrected chi connectivity index (χ4v) is 4.67. The molecule has 7 heteroatoms. The van der Waals surface area contributed by atoms with Crippen molar-refractivity contribution in [2.75, 3.05) is 6.54 Å². The minimum absolute atomic E-state index is 0.0502. The van der Waals surface area contributed by atoms with Crippen LogP contribution in [-0.2, 0) is 0 Å². The molecule has 5 nitrogen and oxygen atoms in total. The highest BCUT2D eigenvalue weighted by molar-refractivity contribution is 5.69. The van der Waals surface area contributed by atoms with Crippen LogP contribution in [0.15, 0.2) is 60.9 Å². The Balaban J connectivity index is 1.64. The van der Waals surface area contributed by atoms with Gasteiger partial charge in [0.2, 0.25) is 0 Å². The van der Waals surface area contributed by atoms with Gasteiger partial charge in [0.15, 0.2) is 0 Å². The summed E-state index contributed by atoms with van der Waals surface area (Å²) in [5.41, 5.74) is 3.84. The summed E-state index contributed by atoms with van der Waals surface area (Å²) < 4.78 is 26.8. The summed E-state index contributed by atoms with van der Waals surface area (Å²) in [5, 5.41) is 24.2. The number of aromatic nitrogens is 2. The molecule has 1 saturated carbocycles. The van der Waals surface area contributed by atoms with Crippen molar-refractivity contribution in [1.29, 1.82) is 0 Å². The Morgan fingerprint density at radius 2 is 1.91 bits per heavy atom. The van der Waals surface area contributed by atoms with Crippen LogP contribution in [0.1, 0.15) is 60.9 Å². The van der Waals surface area contributed by atoms with E-state index in [4.69, 9.17) is 6.42 Å². The Morgan fingerprint density at radius 1 is 1.18 bits per heavy atom. The molecule has 0 spiro atoms. The van der Waals surface area contributed by atoms with E-state index in [1.54, 1.807) is 23.9 Å². The monoisotopic (exact) mass is 465 g/mol. The lowest BCUT2D eigenvalue weighted by Gasteiger charge is -2.38. The first-order valence-electron chi connectivity index (χ1n) is 11.4. The number of hydrogen-bond acceptors (Lipinski definition) is 4. The maximum absolute atomic E-state index is 12.6. The Morgan fingerprint density at radius 3 is 2.56 bits per heavy atom. The topological polar surface area (TPSA) is 70.3 Å². The van der Waals surface area contributed by atoms with E-state index in [-0.39, 0.29) is 18.5 Å². The van der Waals surface area contributed by atoms with Crippen molar-refractivity contribution in [2.24, 2.45) is 0 Å².